The molecule has 1 nitrogen and oxygen atoms in total. The molecule has 10 heavy (non-hydrogen) atoms. The summed E-state index contributed by atoms with van der Waals surface area (Å²) >= 11 is 5.32. The van der Waals surface area contributed by atoms with Crippen molar-refractivity contribution in [2.45, 2.75) is 0 Å². The molecule has 2 rings (SSSR count). The molecule has 0 aromatic carbocycles. The molecular weight excluding hydrogens is 252 g/mol. The molecule has 1 aliphatic rings. The summed E-state index contributed by atoms with van der Waals surface area (Å²) in [7, 11) is 0. The molecule has 1 aliphatic heterocycles. The molecule has 0 saturated heterocycles. The Labute approximate surface area is 74.3 Å². The first-order chi connectivity index (χ1) is 4.86. The van der Waals surface area contributed by atoms with Crippen molar-refractivity contribution >= 4 is 42.4 Å². The standard InChI is InChI=1S/C7H4ClN.Sn/c1-2-6-3-4-7(8)9-5-6;/h1-2,4-5H;. The second-order valence-electron chi connectivity index (χ2n) is 2.07. The summed E-state index contributed by atoms with van der Waals surface area (Å²) in [5, 5.41) is 0.628. The third kappa shape index (κ3) is 1.08. The Morgan fingerprint density at radius 1 is 1.50 bits per heavy atom. The van der Waals surface area contributed by atoms with Crippen LogP contribution in [0.2, 0.25) is 5.15 Å². The van der Waals surface area contributed by atoms with Gasteiger partial charge in [0.2, 0.25) is 0 Å². The summed E-state index contributed by atoms with van der Waals surface area (Å²) < 4.78 is 3.73. The van der Waals surface area contributed by atoms with Gasteiger partial charge in [-0.3, -0.25) is 0 Å². The van der Waals surface area contributed by atoms with E-state index >= 15 is 0 Å². The second kappa shape index (κ2) is 2.55. The van der Waals surface area contributed by atoms with E-state index < -0.39 is 0 Å². The van der Waals surface area contributed by atoms with Crippen LogP contribution in [0.3, 0.4) is 0 Å². The predicted molar refractivity (Wildman–Crippen MR) is 43.7 cm³/mol. The van der Waals surface area contributed by atoms with Crippen molar-refractivity contribution in [2.75, 3.05) is 0 Å². The fourth-order valence-corrected chi connectivity index (χ4v) is 4.13. The molecule has 3 heteroatoms. The van der Waals surface area contributed by atoms with Gasteiger partial charge in [-0.2, -0.15) is 0 Å². The van der Waals surface area contributed by atoms with Gasteiger partial charge in [-0.05, 0) is 0 Å². The molecule has 0 unspecified atom stereocenters. The molecule has 0 amide bonds. The van der Waals surface area contributed by atoms with Crippen LogP contribution in [0.15, 0.2) is 16.4 Å². The van der Waals surface area contributed by atoms with Gasteiger partial charge in [-0.1, -0.05) is 0 Å². The van der Waals surface area contributed by atoms with E-state index in [4.69, 9.17) is 11.6 Å². The van der Waals surface area contributed by atoms with Gasteiger partial charge in [-0.25, -0.2) is 0 Å². The Morgan fingerprint density at radius 2 is 2.40 bits per heavy atom. The van der Waals surface area contributed by atoms with E-state index in [0.717, 1.165) is 0 Å². The summed E-state index contributed by atoms with van der Waals surface area (Å²) in [4.78, 5) is 3.99. The Hall–Kier alpha value is -0.0213. The first-order valence-electron chi connectivity index (χ1n) is 2.95. The van der Waals surface area contributed by atoms with Gasteiger partial charge in [0.05, 0.1) is 0 Å². The van der Waals surface area contributed by atoms with Gasteiger partial charge in [0, 0.05) is 0 Å². The first kappa shape index (κ1) is 6.67. The zero-order valence-electron chi connectivity index (χ0n) is 5.13. The van der Waals surface area contributed by atoms with E-state index in [0.29, 0.717) is 5.15 Å². The number of hydrogen-bond donors (Lipinski definition) is 0. The molecule has 0 spiro atoms. The Morgan fingerprint density at radius 3 is 3.30 bits per heavy atom. The normalized spacial score (nSPS) is 13.7. The molecule has 0 bridgehead atoms. The summed E-state index contributed by atoms with van der Waals surface area (Å²) in [6.45, 7) is 0. The fraction of sp³-hybridized carbons (Fsp3) is 0. The Bertz CT molecular complexity index is 296. The van der Waals surface area contributed by atoms with Gasteiger partial charge in [0.15, 0.2) is 0 Å². The Kier molecular flexibility index (Phi) is 1.70. The molecule has 1 aromatic heterocycles. The van der Waals surface area contributed by atoms with Gasteiger partial charge in [-0.15, -0.1) is 0 Å². The van der Waals surface area contributed by atoms with Crippen molar-refractivity contribution in [2.24, 2.45) is 0 Å². The topological polar surface area (TPSA) is 12.9 Å². The zero-order valence-corrected chi connectivity index (χ0v) is 8.74. The molecule has 0 saturated carbocycles. The quantitative estimate of drug-likeness (QED) is 0.499. The average Bonchev–Trinajstić information content (AvgIpc) is 2.33. The molecule has 0 N–H and O–H groups in total. The van der Waals surface area contributed by atoms with E-state index in [1.165, 1.54) is 9.14 Å². The minimum absolute atomic E-state index is 0.388. The first-order valence-corrected chi connectivity index (χ1v) is 6.40. The van der Waals surface area contributed by atoms with Crippen LogP contribution in [-0.4, -0.2) is 26.1 Å². The van der Waals surface area contributed by atoms with E-state index in [1.54, 1.807) is 0 Å². The third-order valence-corrected chi connectivity index (χ3v) is 4.68. The van der Waals surface area contributed by atoms with E-state index in [9.17, 15) is 0 Å². The fourth-order valence-electron chi connectivity index (χ4n) is 0.919. The molecule has 1 aromatic rings. The van der Waals surface area contributed by atoms with Crippen molar-refractivity contribution in [3.8, 4) is 0 Å². The van der Waals surface area contributed by atoms with Crippen molar-refractivity contribution in [1.82, 2.24) is 4.98 Å². The minimum atomic E-state index is -0.388. The summed E-state index contributed by atoms with van der Waals surface area (Å²) in [6.07, 6.45) is 3.99. The SMILES string of the molecule is Clc1c[c]2c(cn1)C=[CH][Sn]2. The van der Waals surface area contributed by atoms with Crippen molar-refractivity contribution in [3.05, 3.63) is 27.1 Å². The third-order valence-electron chi connectivity index (χ3n) is 1.40. The van der Waals surface area contributed by atoms with Crippen LogP contribution in [0.1, 0.15) is 5.56 Å². The number of aromatic nitrogens is 1. The van der Waals surface area contributed by atoms with Crippen LogP contribution in [0.4, 0.5) is 0 Å². The summed E-state index contributed by atoms with van der Waals surface area (Å²) in [5.41, 5.74) is 1.27. The average molecular weight is 256 g/mol. The van der Waals surface area contributed by atoms with Gasteiger partial charge in [0.25, 0.3) is 0 Å². The number of pyridine rings is 1. The van der Waals surface area contributed by atoms with E-state index in [2.05, 4.69) is 15.2 Å². The maximum atomic E-state index is 5.71. The predicted octanol–water partition coefficient (Wildman–Crippen LogP) is 1.05. The van der Waals surface area contributed by atoms with Crippen LogP contribution < -0.4 is 3.58 Å². The maximum absolute atomic E-state index is 5.71. The van der Waals surface area contributed by atoms with Gasteiger partial charge >= 0.3 is 74.5 Å². The summed E-state index contributed by atoms with van der Waals surface area (Å²) in [6, 6.07) is 1.99. The Balaban J connectivity index is 2.59. The van der Waals surface area contributed by atoms with E-state index in [-0.39, 0.29) is 21.1 Å². The molecular formula is C7H4ClNSn. The van der Waals surface area contributed by atoms with Crippen LogP contribution in [-0.2, 0) is 0 Å². The summed E-state index contributed by atoms with van der Waals surface area (Å²) in [5.74, 6) is 0. The van der Waals surface area contributed by atoms with Crippen LogP contribution in [0, 0.1) is 0 Å². The zero-order chi connectivity index (χ0) is 6.97. The molecule has 0 aliphatic carbocycles. The number of hydrogen-bond acceptors (Lipinski definition) is 1. The van der Waals surface area contributed by atoms with Crippen molar-refractivity contribution in [3.63, 3.8) is 0 Å². The molecule has 0 atom stereocenters. The van der Waals surface area contributed by atoms with Crippen LogP contribution in [0.5, 0.6) is 0 Å². The number of nitrogens with zero attached hydrogens (tertiary/aromatic N) is 1. The molecule has 48 valence electrons. The van der Waals surface area contributed by atoms with Crippen molar-refractivity contribution in [1.29, 1.82) is 0 Å². The second-order valence-corrected chi connectivity index (χ2v) is 5.77. The van der Waals surface area contributed by atoms with Crippen molar-refractivity contribution < 1.29 is 0 Å². The van der Waals surface area contributed by atoms with Crippen LogP contribution >= 0.6 is 11.6 Å². The molecule has 2 heterocycles. The van der Waals surface area contributed by atoms with Crippen LogP contribution in [0.25, 0.3) is 6.08 Å². The number of halogens is 1. The van der Waals surface area contributed by atoms with Gasteiger partial charge < -0.3 is 0 Å². The molecule has 0 fully saturated rings. The monoisotopic (exact) mass is 257 g/mol. The number of fused-ring (bicyclic) bond motifs is 1. The number of rotatable bonds is 0. The van der Waals surface area contributed by atoms with Gasteiger partial charge in [0.1, 0.15) is 0 Å². The molecule has 2 radical (unpaired) electrons. The van der Waals surface area contributed by atoms with E-state index in [1.807, 2.05) is 12.3 Å².